The molecule has 0 atom stereocenters. The van der Waals surface area contributed by atoms with Crippen LogP contribution in [0.25, 0.3) is 5.69 Å². The Hall–Kier alpha value is -3.49. The maximum Gasteiger partial charge on any atom is 0.266 e. The smallest absolute Gasteiger partial charge is 0.266 e. The Labute approximate surface area is 179 Å². The van der Waals surface area contributed by atoms with Crippen molar-refractivity contribution in [1.29, 1.82) is 0 Å². The molecule has 9 heteroatoms. The molecule has 0 aliphatic rings. The van der Waals surface area contributed by atoms with E-state index in [1.807, 2.05) is 0 Å². The van der Waals surface area contributed by atoms with Crippen molar-refractivity contribution in [2.45, 2.75) is 0 Å². The molecule has 2 N–H and O–H groups in total. The van der Waals surface area contributed by atoms with Crippen molar-refractivity contribution >= 4 is 46.3 Å². The molecule has 0 bridgehead atoms. The molecule has 4 rings (SSSR count). The number of carbonyl (C=O) groups excluding carboxylic acids is 2. The SMILES string of the molecule is O=C(Nc1c(C(=O)Nc2ccccc2F)cnn1-c1ccccc1Cl)c1cccs1. The second kappa shape index (κ2) is 8.48. The van der Waals surface area contributed by atoms with Gasteiger partial charge in [0, 0.05) is 0 Å². The third kappa shape index (κ3) is 3.96. The van der Waals surface area contributed by atoms with Gasteiger partial charge in [-0.05, 0) is 35.7 Å². The molecule has 0 unspecified atom stereocenters. The van der Waals surface area contributed by atoms with Crippen LogP contribution >= 0.6 is 22.9 Å². The molecule has 2 aromatic heterocycles. The van der Waals surface area contributed by atoms with E-state index in [0.717, 1.165) is 0 Å². The maximum absolute atomic E-state index is 14.0. The number of anilines is 2. The molecule has 0 saturated heterocycles. The predicted molar refractivity (Wildman–Crippen MR) is 115 cm³/mol. The molecule has 0 aliphatic heterocycles. The number of hydrogen-bond donors (Lipinski definition) is 2. The van der Waals surface area contributed by atoms with Gasteiger partial charge >= 0.3 is 0 Å². The van der Waals surface area contributed by atoms with Crippen LogP contribution in [0.15, 0.2) is 72.2 Å². The number of thiophene rings is 1. The first-order valence-electron chi connectivity index (χ1n) is 8.78. The molecule has 0 saturated carbocycles. The molecule has 2 heterocycles. The van der Waals surface area contributed by atoms with Gasteiger partial charge in [-0.2, -0.15) is 5.10 Å². The maximum atomic E-state index is 14.0. The zero-order chi connectivity index (χ0) is 21.1. The Kier molecular flexibility index (Phi) is 5.60. The zero-order valence-corrected chi connectivity index (χ0v) is 16.9. The van der Waals surface area contributed by atoms with Gasteiger partial charge in [-0.25, -0.2) is 9.07 Å². The number of aromatic nitrogens is 2. The van der Waals surface area contributed by atoms with E-state index in [2.05, 4.69) is 15.7 Å². The number of hydrogen-bond acceptors (Lipinski definition) is 4. The number of carbonyl (C=O) groups is 2. The average Bonchev–Trinajstić information content (AvgIpc) is 3.40. The van der Waals surface area contributed by atoms with E-state index in [1.54, 1.807) is 47.8 Å². The van der Waals surface area contributed by atoms with Crippen molar-refractivity contribution < 1.29 is 14.0 Å². The fourth-order valence-corrected chi connectivity index (χ4v) is 3.60. The lowest BCUT2D eigenvalue weighted by molar-refractivity contribution is 0.102. The number of benzene rings is 2. The number of nitrogens with one attached hydrogen (secondary N) is 2. The molecule has 0 aliphatic carbocycles. The second-order valence-electron chi connectivity index (χ2n) is 6.14. The number of amides is 2. The van der Waals surface area contributed by atoms with E-state index in [0.29, 0.717) is 15.6 Å². The number of halogens is 2. The van der Waals surface area contributed by atoms with Gasteiger partial charge in [0.1, 0.15) is 17.2 Å². The molecular weight excluding hydrogens is 427 g/mol. The first-order chi connectivity index (χ1) is 14.5. The third-order valence-electron chi connectivity index (χ3n) is 4.19. The summed E-state index contributed by atoms with van der Waals surface area (Å²) in [7, 11) is 0. The predicted octanol–water partition coefficient (Wildman–Crippen LogP) is 5.23. The number of rotatable bonds is 5. The summed E-state index contributed by atoms with van der Waals surface area (Å²) in [6, 6.07) is 16.1. The molecule has 30 heavy (non-hydrogen) atoms. The van der Waals surface area contributed by atoms with Gasteiger partial charge < -0.3 is 10.6 Å². The molecule has 0 radical (unpaired) electrons. The summed E-state index contributed by atoms with van der Waals surface area (Å²) in [6.45, 7) is 0. The summed E-state index contributed by atoms with van der Waals surface area (Å²) >= 11 is 7.54. The topological polar surface area (TPSA) is 76.0 Å². The van der Waals surface area contributed by atoms with Crippen LogP contribution in [0.1, 0.15) is 20.0 Å². The van der Waals surface area contributed by atoms with Crippen molar-refractivity contribution in [3.63, 3.8) is 0 Å². The third-order valence-corrected chi connectivity index (χ3v) is 5.38. The van der Waals surface area contributed by atoms with Gasteiger partial charge in [0.2, 0.25) is 0 Å². The fraction of sp³-hybridized carbons (Fsp3) is 0. The van der Waals surface area contributed by atoms with E-state index < -0.39 is 17.6 Å². The van der Waals surface area contributed by atoms with E-state index in [9.17, 15) is 14.0 Å². The largest absolute Gasteiger partial charge is 0.319 e. The summed E-state index contributed by atoms with van der Waals surface area (Å²) in [6.07, 6.45) is 1.30. The first-order valence-corrected chi connectivity index (χ1v) is 10.0. The fourth-order valence-electron chi connectivity index (χ4n) is 2.77. The first kappa shape index (κ1) is 19.8. The summed E-state index contributed by atoms with van der Waals surface area (Å²) in [5.41, 5.74) is 0.553. The normalized spacial score (nSPS) is 10.6. The van der Waals surface area contributed by atoms with Gasteiger partial charge in [-0.3, -0.25) is 9.59 Å². The molecule has 6 nitrogen and oxygen atoms in total. The van der Waals surface area contributed by atoms with E-state index in [4.69, 9.17) is 11.6 Å². The molecule has 4 aromatic rings. The standard InChI is InChI=1S/C21H14ClFN4O2S/c22-14-6-1-4-9-17(14)27-19(26-21(29)18-10-5-11-30-18)13(12-24-27)20(28)25-16-8-3-2-7-15(16)23/h1-12H,(H,25,28)(H,26,29). The summed E-state index contributed by atoms with van der Waals surface area (Å²) in [5, 5.41) is 11.6. The highest BCUT2D eigenvalue weighted by Crippen LogP contribution is 2.27. The molecule has 0 fully saturated rings. The lowest BCUT2D eigenvalue weighted by Crippen LogP contribution is -2.19. The average molecular weight is 441 g/mol. The van der Waals surface area contributed by atoms with E-state index in [-0.39, 0.29) is 17.1 Å². The minimum absolute atomic E-state index is 0.0172. The van der Waals surface area contributed by atoms with Gasteiger partial charge in [0.25, 0.3) is 11.8 Å². The van der Waals surface area contributed by atoms with Crippen LogP contribution in [0.4, 0.5) is 15.9 Å². The van der Waals surface area contributed by atoms with Crippen molar-refractivity contribution in [1.82, 2.24) is 9.78 Å². The van der Waals surface area contributed by atoms with Gasteiger partial charge in [0.05, 0.1) is 27.5 Å². The monoisotopic (exact) mass is 440 g/mol. The van der Waals surface area contributed by atoms with Gasteiger partial charge in [-0.15, -0.1) is 11.3 Å². The quantitative estimate of drug-likeness (QED) is 0.446. The van der Waals surface area contributed by atoms with Gasteiger partial charge in [-0.1, -0.05) is 41.9 Å². The van der Waals surface area contributed by atoms with Crippen molar-refractivity contribution in [3.8, 4) is 5.69 Å². The van der Waals surface area contributed by atoms with Crippen LogP contribution in [0.5, 0.6) is 0 Å². The molecule has 2 aromatic carbocycles. The van der Waals surface area contributed by atoms with Crippen LogP contribution in [0.2, 0.25) is 5.02 Å². The second-order valence-corrected chi connectivity index (χ2v) is 7.49. The number of nitrogens with zero attached hydrogens (tertiary/aromatic N) is 2. The number of para-hydroxylation sites is 2. The lowest BCUT2D eigenvalue weighted by atomic mass is 10.2. The highest BCUT2D eigenvalue weighted by Gasteiger charge is 2.23. The molecule has 2 amide bonds. The Morgan fingerprint density at radius 3 is 2.47 bits per heavy atom. The van der Waals surface area contributed by atoms with Crippen molar-refractivity contribution in [2.75, 3.05) is 10.6 Å². The van der Waals surface area contributed by atoms with Crippen molar-refractivity contribution in [2.24, 2.45) is 0 Å². The Bertz CT molecular complexity index is 1220. The Balaban J connectivity index is 1.74. The highest BCUT2D eigenvalue weighted by molar-refractivity contribution is 7.12. The van der Waals surface area contributed by atoms with E-state index in [1.165, 1.54) is 40.4 Å². The van der Waals surface area contributed by atoms with Crippen molar-refractivity contribution in [3.05, 3.63) is 93.5 Å². The van der Waals surface area contributed by atoms with Crippen LogP contribution in [-0.4, -0.2) is 21.6 Å². The Morgan fingerprint density at radius 1 is 0.967 bits per heavy atom. The minimum Gasteiger partial charge on any atom is -0.319 e. The van der Waals surface area contributed by atoms with Crippen LogP contribution in [-0.2, 0) is 0 Å². The summed E-state index contributed by atoms with van der Waals surface area (Å²) < 4.78 is 15.3. The van der Waals surface area contributed by atoms with E-state index >= 15 is 0 Å². The van der Waals surface area contributed by atoms with Crippen LogP contribution < -0.4 is 10.6 Å². The summed E-state index contributed by atoms with van der Waals surface area (Å²) in [5.74, 6) is -1.48. The lowest BCUT2D eigenvalue weighted by Gasteiger charge is -2.12. The Morgan fingerprint density at radius 2 is 1.73 bits per heavy atom. The zero-order valence-electron chi connectivity index (χ0n) is 15.3. The van der Waals surface area contributed by atoms with Gasteiger partial charge in [0.15, 0.2) is 0 Å². The summed E-state index contributed by atoms with van der Waals surface area (Å²) in [4.78, 5) is 26.0. The van der Waals surface area contributed by atoms with Crippen LogP contribution in [0, 0.1) is 5.82 Å². The molecule has 0 spiro atoms. The minimum atomic E-state index is -0.625. The highest BCUT2D eigenvalue weighted by atomic mass is 35.5. The molecular formula is C21H14ClFN4O2S. The molecule has 150 valence electrons. The van der Waals surface area contributed by atoms with Crippen LogP contribution in [0.3, 0.4) is 0 Å².